The Hall–Kier alpha value is -1.95. The molecule has 0 spiro atoms. The van der Waals surface area contributed by atoms with Gasteiger partial charge in [0.15, 0.2) is 0 Å². The molecule has 0 aliphatic rings. The number of aliphatic hydroxyl groups is 5. The predicted octanol–water partition coefficient (Wildman–Crippen LogP) is 27.7. The summed E-state index contributed by atoms with van der Waals surface area (Å²) in [6.45, 7) is 19.5. The molecule has 0 heterocycles. The van der Waals surface area contributed by atoms with E-state index in [0.29, 0.717) is 39.3 Å². The van der Waals surface area contributed by atoms with Gasteiger partial charge in [-0.05, 0) is 179 Å². The van der Waals surface area contributed by atoms with Crippen LogP contribution in [-0.4, -0.2) is 163 Å². The molecule has 0 aliphatic carbocycles. The van der Waals surface area contributed by atoms with Gasteiger partial charge in [0.1, 0.15) is 49.1 Å². The molecule has 0 aromatic heterocycles. The van der Waals surface area contributed by atoms with E-state index in [-0.39, 0.29) is 116 Å². The average Bonchev–Trinajstić information content (AvgIpc) is 1.13. The summed E-state index contributed by atoms with van der Waals surface area (Å²) in [5, 5.41) is 47.3. The van der Waals surface area contributed by atoms with Crippen molar-refractivity contribution in [2.24, 2.45) is 0 Å². The van der Waals surface area contributed by atoms with E-state index in [4.69, 9.17) is 21.0 Å². The zero-order valence-corrected chi connectivity index (χ0v) is 77.7. The van der Waals surface area contributed by atoms with Gasteiger partial charge < -0.3 is 44.5 Å². The number of hydrogen-bond donors (Lipinski definition) is 5. The third kappa shape index (κ3) is 163. The Morgan fingerprint density at radius 1 is 0.384 bits per heavy atom. The molecule has 5 unspecified atom stereocenters. The smallest absolute Gasteiger partial charge is 0.305 e. The molecule has 0 amide bonds. The van der Waals surface area contributed by atoms with E-state index in [0.717, 1.165) is 132 Å². The number of carbonyl (C=O) groups is 2. The number of aldehydes is 1. The predicted molar refractivity (Wildman–Crippen MR) is 512 cm³/mol. The maximum Gasteiger partial charge on any atom is 0.305 e. The van der Waals surface area contributed by atoms with Crippen LogP contribution in [0.25, 0.3) is 0 Å². The van der Waals surface area contributed by atoms with E-state index >= 15 is 0 Å². The van der Waals surface area contributed by atoms with Gasteiger partial charge in [-0.2, -0.15) is 0 Å². The second-order valence-electron chi connectivity index (χ2n) is 25.9. The van der Waals surface area contributed by atoms with E-state index < -0.39 is 12.2 Å². The first-order chi connectivity index (χ1) is 50.6. The summed E-state index contributed by atoms with van der Waals surface area (Å²) >= 11 is 6.64. The number of esters is 1. The van der Waals surface area contributed by atoms with Crippen LogP contribution in [-0.2, 0) is 33.6 Å². The Balaban J connectivity index is -0.0000000762. The second-order valence-corrected chi connectivity index (χ2v) is 28.6. The first-order valence-corrected chi connectivity index (χ1v) is 42.6. The fourth-order valence-corrected chi connectivity index (χ4v) is 9.51. The van der Waals surface area contributed by atoms with Crippen molar-refractivity contribution in [2.75, 3.05) is 47.8 Å². The van der Waals surface area contributed by atoms with E-state index in [2.05, 4.69) is 168 Å². The molecule has 12 nitrogen and oxygen atoms in total. The van der Waals surface area contributed by atoms with Crippen LogP contribution in [0.2, 0.25) is 0 Å². The maximum absolute atomic E-state index is 10.9. The van der Waals surface area contributed by atoms with Crippen LogP contribution >= 0.6 is 31.9 Å². The van der Waals surface area contributed by atoms with Gasteiger partial charge >= 0.3 is 5.97 Å². The Morgan fingerprint density at radius 2 is 0.688 bits per heavy atom. The number of halogens is 2. The number of carbonyl (C=O) groups excluding carboxylic acids is 2. The monoisotopic (exact) mass is 1740 g/mol. The fourth-order valence-electron chi connectivity index (χ4n) is 9.05. The molecule has 16 heteroatoms. The molecule has 0 aliphatic heterocycles. The van der Waals surface area contributed by atoms with Crippen molar-refractivity contribution in [1.82, 2.24) is 0 Å². The van der Waals surface area contributed by atoms with Gasteiger partial charge in [-0.25, -0.2) is 9.78 Å². The van der Waals surface area contributed by atoms with E-state index in [1.54, 1.807) is 14.2 Å². The normalized spacial score (nSPS) is 11.7. The summed E-state index contributed by atoms with van der Waals surface area (Å²) in [6, 6.07) is 0. The van der Waals surface area contributed by atoms with Gasteiger partial charge in [-0.3, -0.25) is 4.79 Å². The van der Waals surface area contributed by atoms with Gasteiger partial charge in [0.25, 0.3) is 0 Å². The fraction of sp³-hybridized carbons (Fsp3) is 0.750. The summed E-state index contributed by atoms with van der Waals surface area (Å²) in [5.74, 6) is 7.94. The summed E-state index contributed by atoms with van der Waals surface area (Å²) in [5.41, 5.74) is 0. The summed E-state index contributed by atoms with van der Waals surface area (Å²) < 4.78 is 15.1. The number of ether oxygens (including phenoxy) is 3. The van der Waals surface area contributed by atoms with Crippen LogP contribution in [0.3, 0.4) is 0 Å². The Morgan fingerprint density at radius 3 is 1.02 bits per heavy atom. The number of methoxy groups -OCH3 is 3. The summed E-state index contributed by atoms with van der Waals surface area (Å²) in [6.07, 6.45) is 90.0. The van der Waals surface area contributed by atoms with Crippen LogP contribution in [0.4, 0.5) is 0 Å². The van der Waals surface area contributed by atoms with Crippen molar-refractivity contribution >= 4 is 91.0 Å². The van der Waals surface area contributed by atoms with Gasteiger partial charge in [0.2, 0.25) is 0 Å². The van der Waals surface area contributed by atoms with Crippen LogP contribution in [0.5, 0.6) is 0 Å². The molecule has 0 saturated carbocycles. The van der Waals surface area contributed by atoms with Crippen molar-refractivity contribution in [2.45, 2.75) is 426 Å². The van der Waals surface area contributed by atoms with Crippen molar-refractivity contribution in [3.63, 3.8) is 0 Å². The Kier molecular flexibility index (Phi) is 182. The molecular weight excluding hydrogens is 1550 g/mol. The van der Waals surface area contributed by atoms with E-state index in [1.165, 1.54) is 168 Å². The molecule has 0 aromatic carbocycles. The molecule has 662 valence electrons. The molecule has 5 N–H and O–H groups in total. The molecule has 2 radical (unpaired) electrons. The maximum atomic E-state index is 10.9. The van der Waals surface area contributed by atoms with Gasteiger partial charge in [-0.1, -0.05) is 356 Å². The summed E-state index contributed by atoms with van der Waals surface area (Å²) in [7, 11) is 4.65. The second kappa shape index (κ2) is 141. The first-order valence-electron chi connectivity index (χ1n) is 41.0. The number of allylic oxidation sites excluding steroid dienone is 14. The molecule has 0 rings (SSSR count). The molecule has 112 heavy (non-hydrogen) atoms. The van der Waals surface area contributed by atoms with Crippen molar-refractivity contribution in [3.05, 3.63) is 107 Å². The number of aliphatic hydroxyl groups excluding tert-OH is 5. The molecule has 0 fully saturated rings. The van der Waals surface area contributed by atoms with Crippen LogP contribution in [0, 0.1) is 24.2 Å². The molecule has 0 bridgehead atoms. The standard InChI is InChI=1S/C21H36O3.C16H30O.C16H28O.C15H26O2.C8H14Br2.C8H14O.C6H14O4.6CH4.Al.Na.2H/c1-3-4-14-17-20(22)18-15-12-10-8-6-5-7-9-11-13-16-19-21(23)24-2;2*1-3-5-7-8-9-10-11-13-15-16(17)14-12-6-4-2;1-2-3-9-12-15(17)13-10-7-5-4-6-8-11-14-16;1-2-3-4-5-6-7-8(9)10;1-3-5-6-7-8(9)4-2;1-7-3-5-9-10-6-4-8-2;;;;;;;;;;/h9-12,15,18,20,22H,3-8,13-14,16-17,19H2,1-2H3;10-11,13,15-17H,3-9,12,14H2,1-2H3;10-11,16-17H,3-9,12,14H2,1-2H3;5,7,10,13-15,17H,2-4,6,8-9,11-12H2,1H3;7H,2-6H2,1H3;2,8-9H,3,5-7H2,1H3;3-6H2,1-2H3;6*1H4;;;;/b11-9-,12-10-,18-15+;11-10-,15-13+;11-10-;7-5-,13-10+;;;;;;;;;;;;;. The number of unbranched alkanes of at least 4 members (excludes halogenated alkanes) is 29. The van der Waals surface area contributed by atoms with E-state index in [1.807, 2.05) is 54.7 Å². The average molecular weight is 1740 g/mol. The third-order valence-corrected chi connectivity index (χ3v) is 16.2. The minimum Gasteiger partial charge on any atom is -0.469 e. The van der Waals surface area contributed by atoms with Gasteiger partial charge in [0.05, 0.1) is 42.0 Å². The number of hydrogen-bond acceptors (Lipinski definition) is 12. The minimum atomic E-state index is -0.517. The van der Waals surface area contributed by atoms with Crippen molar-refractivity contribution in [3.8, 4) is 24.2 Å². The number of rotatable bonds is 62. The molecule has 0 saturated heterocycles. The molecule has 0 aromatic rings. The zero-order valence-electron chi connectivity index (χ0n) is 70.6. The van der Waals surface area contributed by atoms with E-state index in [9.17, 15) is 30.0 Å². The van der Waals surface area contributed by atoms with Crippen LogP contribution in [0.15, 0.2) is 107 Å². The van der Waals surface area contributed by atoms with Crippen molar-refractivity contribution in [1.29, 1.82) is 0 Å². The van der Waals surface area contributed by atoms with Gasteiger partial charge in [0, 0.05) is 56.6 Å². The van der Waals surface area contributed by atoms with Gasteiger partial charge in [-0.15, -0.1) is 6.42 Å². The van der Waals surface area contributed by atoms with Crippen LogP contribution in [0.1, 0.15) is 395 Å². The molecular formula is C96H188AlBr2NaO12. The summed E-state index contributed by atoms with van der Waals surface area (Å²) in [4.78, 5) is 30.3. The SMILES string of the molecule is C.C.C.C.C.C.C#CC(O)CCCCC.CCCCCC(O)/C=C/C=C\CCCC/C=C\CCCC(=O)OC.CCCCCC(O)/C=C/C=C\CCCCC=O.CCCCCC/C=C\C#CC(O)CCCCC.CCCCCC/C=C\C=C\C(O)CCCCC.CCCCCCC=C(Br)Br.COCCOOCCOC.[AlH2].[Na]. The quantitative estimate of drug-likeness (QED) is 0.00448. The van der Waals surface area contributed by atoms with Crippen molar-refractivity contribution < 1.29 is 59.1 Å². The zero-order chi connectivity index (χ0) is 78.8. The Bertz CT molecular complexity index is 2040. The molecule has 5 atom stereocenters. The van der Waals surface area contributed by atoms with Crippen LogP contribution < -0.4 is 0 Å². The number of terminal acetylenes is 1. The topological polar surface area (TPSA) is 181 Å². The minimum absolute atomic E-state index is 0. The Labute approximate surface area is 748 Å². The largest absolute Gasteiger partial charge is 0.469 e. The first kappa shape index (κ1) is 145. The third-order valence-electron chi connectivity index (χ3n) is 15.6.